The van der Waals surface area contributed by atoms with Gasteiger partial charge < -0.3 is 21.1 Å². The molecule has 2 aromatic heterocycles. The predicted molar refractivity (Wildman–Crippen MR) is 139 cm³/mol. The van der Waals surface area contributed by atoms with Gasteiger partial charge in [0.05, 0.1) is 12.7 Å². The van der Waals surface area contributed by atoms with E-state index in [1.165, 1.54) is 18.1 Å². The number of anilines is 2. The first kappa shape index (κ1) is 23.6. The molecule has 3 aliphatic carbocycles. The summed E-state index contributed by atoms with van der Waals surface area (Å²) in [5.74, 6) is -0.779. The van der Waals surface area contributed by atoms with Gasteiger partial charge in [-0.05, 0) is 55.0 Å². The predicted octanol–water partition coefficient (Wildman–Crippen LogP) is 3.75. The van der Waals surface area contributed by atoms with Gasteiger partial charge in [-0.25, -0.2) is 9.37 Å². The van der Waals surface area contributed by atoms with Crippen LogP contribution in [0.5, 0.6) is 5.75 Å². The van der Waals surface area contributed by atoms with Crippen LogP contribution in [0.25, 0.3) is 27.9 Å². The fourth-order valence-corrected chi connectivity index (χ4v) is 5.28. The van der Waals surface area contributed by atoms with Crippen molar-refractivity contribution >= 4 is 28.8 Å². The van der Waals surface area contributed by atoms with Crippen molar-refractivity contribution in [1.29, 1.82) is 0 Å². The zero-order valence-corrected chi connectivity index (χ0v) is 20.5. The Hall–Kier alpha value is -4.80. The number of nitrogens with two attached hydrogens (primary N) is 1. The number of nitrogens with zero attached hydrogens (tertiary/aromatic N) is 4. The van der Waals surface area contributed by atoms with Crippen molar-refractivity contribution in [2.24, 2.45) is 5.92 Å². The molecule has 0 aliphatic heterocycles. The SMILES string of the molecule is C=C(F)C(=O)Nc1ccc(-c2nn3ncnc(N)c3c2-c2ccc(C(=O)NC34CC(C3)C4)c(OC)c2)cc1. The number of methoxy groups -OCH3 is 1. The molecule has 4 aromatic rings. The van der Waals surface area contributed by atoms with E-state index in [0.29, 0.717) is 44.9 Å². The molecule has 192 valence electrons. The number of nitrogens with one attached hydrogen (secondary N) is 2. The summed E-state index contributed by atoms with van der Waals surface area (Å²) in [4.78, 5) is 28.8. The summed E-state index contributed by atoms with van der Waals surface area (Å²) in [6.07, 6.45) is 4.42. The van der Waals surface area contributed by atoms with E-state index in [-0.39, 0.29) is 17.3 Å². The van der Waals surface area contributed by atoms with Gasteiger partial charge in [0, 0.05) is 22.4 Å². The number of rotatable bonds is 7. The Bertz CT molecular complexity index is 1610. The Labute approximate surface area is 216 Å². The van der Waals surface area contributed by atoms with Crippen LogP contribution in [-0.4, -0.2) is 44.3 Å². The zero-order chi connectivity index (χ0) is 26.6. The molecule has 38 heavy (non-hydrogen) atoms. The molecule has 0 saturated heterocycles. The quantitative estimate of drug-likeness (QED) is 0.320. The van der Waals surface area contributed by atoms with Crippen molar-refractivity contribution in [2.45, 2.75) is 24.8 Å². The topological polar surface area (TPSA) is 137 Å². The summed E-state index contributed by atoms with van der Waals surface area (Å²) >= 11 is 0. The van der Waals surface area contributed by atoms with Crippen molar-refractivity contribution in [2.75, 3.05) is 18.2 Å². The molecule has 11 heteroatoms. The van der Waals surface area contributed by atoms with E-state index < -0.39 is 11.7 Å². The van der Waals surface area contributed by atoms with Gasteiger partial charge >= 0.3 is 0 Å². The molecular formula is C27H24FN7O3. The maximum absolute atomic E-state index is 13.1. The smallest absolute Gasteiger partial charge is 0.283 e. The molecule has 2 bridgehead atoms. The number of fused-ring (bicyclic) bond motifs is 1. The lowest BCUT2D eigenvalue weighted by Crippen LogP contribution is -2.68. The molecule has 2 heterocycles. The van der Waals surface area contributed by atoms with Gasteiger partial charge in [0.2, 0.25) is 0 Å². The number of hydrogen-bond acceptors (Lipinski definition) is 7. The molecule has 0 unspecified atom stereocenters. The summed E-state index contributed by atoms with van der Waals surface area (Å²) < 4.78 is 20.1. The van der Waals surface area contributed by atoms with Crippen LogP contribution in [0.3, 0.4) is 0 Å². The molecule has 0 radical (unpaired) electrons. The van der Waals surface area contributed by atoms with Crippen molar-refractivity contribution in [3.63, 3.8) is 0 Å². The summed E-state index contributed by atoms with van der Waals surface area (Å²) in [7, 11) is 1.52. The molecule has 4 N–H and O–H groups in total. The number of hydrogen-bond donors (Lipinski definition) is 3. The van der Waals surface area contributed by atoms with E-state index in [1.54, 1.807) is 36.4 Å². The van der Waals surface area contributed by atoms with Crippen LogP contribution in [-0.2, 0) is 4.79 Å². The van der Waals surface area contributed by atoms with Crippen LogP contribution in [0.1, 0.15) is 29.6 Å². The van der Waals surface area contributed by atoms with Crippen molar-refractivity contribution in [3.8, 4) is 28.1 Å². The minimum Gasteiger partial charge on any atom is -0.496 e. The number of ether oxygens (including phenoxy) is 1. The minimum absolute atomic E-state index is 0.0596. The van der Waals surface area contributed by atoms with Gasteiger partial charge in [-0.1, -0.05) is 24.8 Å². The number of amides is 2. The molecular weight excluding hydrogens is 489 g/mol. The van der Waals surface area contributed by atoms with Gasteiger partial charge in [0.25, 0.3) is 11.8 Å². The maximum atomic E-state index is 13.1. The van der Waals surface area contributed by atoms with E-state index in [4.69, 9.17) is 10.5 Å². The molecule has 3 aliphatic rings. The second-order valence-electron chi connectivity index (χ2n) is 9.77. The summed E-state index contributed by atoms with van der Waals surface area (Å²) in [6.45, 7) is 3.00. The zero-order valence-electron chi connectivity index (χ0n) is 20.5. The first-order valence-electron chi connectivity index (χ1n) is 12.0. The standard InChI is InChI=1S/C27H24FN7O3/c1-14(28)25(36)32-18-6-3-16(4-7-18)22-21(23-24(29)30-13-31-35(23)34-22)17-5-8-19(20(9-17)38-2)26(37)33-27-10-15(11-27)12-27/h3-9,13,15H,1,10-12H2,2H3,(H,32,36)(H,33,37)(H2,29,30,31). The highest BCUT2D eigenvalue weighted by Crippen LogP contribution is 2.57. The lowest BCUT2D eigenvalue weighted by atomic mass is 9.50. The fourth-order valence-electron chi connectivity index (χ4n) is 5.28. The maximum Gasteiger partial charge on any atom is 0.283 e. The molecule has 2 amide bonds. The molecule has 3 saturated carbocycles. The number of carbonyl (C=O) groups excluding carboxylic acids is 2. The lowest BCUT2D eigenvalue weighted by Gasteiger charge is -2.61. The van der Waals surface area contributed by atoms with Gasteiger partial charge in [-0.15, -0.1) is 14.8 Å². The summed E-state index contributed by atoms with van der Waals surface area (Å²) in [6, 6.07) is 12.0. The number of carbonyl (C=O) groups is 2. The second-order valence-corrected chi connectivity index (χ2v) is 9.77. The second kappa shape index (κ2) is 8.65. The molecule has 2 aromatic carbocycles. The first-order chi connectivity index (χ1) is 18.3. The molecule has 0 atom stereocenters. The Kier molecular flexibility index (Phi) is 5.37. The Morgan fingerprint density at radius 3 is 2.50 bits per heavy atom. The average Bonchev–Trinajstić information content (AvgIpc) is 3.26. The normalized spacial score (nSPS) is 19.3. The highest BCUT2D eigenvalue weighted by Gasteiger charge is 2.57. The van der Waals surface area contributed by atoms with Crippen LogP contribution in [0, 0.1) is 5.92 Å². The van der Waals surface area contributed by atoms with Crippen molar-refractivity contribution < 1.29 is 18.7 Å². The van der Waals surface area contributed by atoms with Gasteiger partial charge in [0.1, 0.15) is 23.3 Å². The monoisotopic (exact) mass is 513 g/mol. The number of halogens is 1. The van der Waals surface area contributed by atoms with Crippen LogP contribution < -0.4 is 21.1 Å². The average molecular weight is 514 g/mol. The first-order valence-corrected chi connectivity index (χ1v) is 12.0. The molecule has 3 fully saturated rings. The van der Waals surface area contributed by atoms with Crippen LogP contribution >= 0.6 is 0 Å². The van der Waals surface area contributed by atoms with Crippen LogP contribution in [0.4, 0.5) is 15.9 Å². The van der Waals surface area contributed by atoms with E-state index in [1.807, 2.05) is 6.07 Å². The van der Waals surface area contributed by atoms with Crippen molar-refractivity contribution in [1.82, 2.24) is 25.1 Å². The minimum atomic E-state index is -1.08. The third-order valence-corrected chi connectivity index (χ3v) is 7.28. The fraction of sp³-hybridized carbons (Fsp3) is 0.222. The van der Waals surface area contributed by atoms with E-state index in [9.17, 15) is 14.0 Å². The van der Waals surface area contributed by atoms with E-state index in [0.717, 1.165) is 25.2 Å². The Balaban J connectivity index is 1.41. The van der Waals surface area contributed by atoms with Gasteiger partial charge in [0.15, 0.2) is 11.6 Å². The van der Waals surface area contributed by atoms with Gasteiger partial charge in [-0.3, -0.25) is 9.59 Å². The largest absolute Gasteiger partial charge is 0.496 e. The molecule has 0 spiro atoms. The molecule has 7 rings (SSSR count). The highest BCUT2D eigenvalue weighted by atomic mass is 19.1. The van der Waals surface area contributed by atoms with E-state index >= 15 is 0 Å². The Morgan fingerprint density at radius 1 is 1.16 bits per heavy atom. The summed E-state index contributed by atoms with van der Waals surface area (Å²) in [5.41, 5.74) is 10.1. The summed E-state index contributed by atoms with van der Waals surface area (Å²) in [5, 5.41) is 14.4. The third kappa shape index (κ3) is 3.83. The van der Waals surface area contributed by atoms with Gasteiger partial charge in [-0.2, -0.15) is 0 Å². The van der Waals surface area contributed by atoms with Crippen LogP contribution in [0.2, 0.25) is 0 Å². The highest BCUT2D eigenvalue weighted by molar-refractivity contribution is 6.02. The van der Waals surface area contributed by atoms with Crippen molar-refractivity contribution in [3.05, 3.63) is 66.8 Å². The molecule has 10 nitrogen and oxygen atoms in total. The Morgan fingerprint density at radius 2 is 1.87 bits per heavy atom. The number of aromatic nitrogens is 4. The van der Waals surface area contributed by atoms with E-state index in [2.05, 4.69) is 32.4 Å². The third-order valence-electron chi connectivity index (χ3n) is 7.28. The number of benzene rings is 2. The van der Waals surface area contributed by atoms with Crippen LogP contribution in [0.15, 0.2) is 61.2 Å². The number of nitrogen functional groups attached to an aromatic ring is 1. The lowest BCUT2D eigenvalue weighted by molar-refractivity contribution is -0.114.